The van der Waals surface area contributed by atoms with Gasteiger partial charge in [0, 0.05) is 12.1 Å². The van der Waals surface area contributed by atoms with Crippen molar-refractivity contribution in [1.29, 1.82) is 5.26 Å². The molecule has 0 saturated heterocycles. The standard InChI is InChI=1S/C15H13FN2O/c16-14-4-3-12(13(7-14)9-18)10-19-15-5-1-11(8-17)2-6-15/h1-7H,8,10,17H2. The van der Waals surface area contributed by atoms with Crippen LogP contribution in [-0.4, -0.2) is 0 Å². The molecule has 0 aliphatic heterocycles. The number of nitrogens with two attached hydrogens (primary N) is 1. The number of hydrogen-bond acceptors (Lipinski definition) is 3. The molecule has 0 fully saturated rings. The molecule has 96 valence electrons. The van der Waals surface area contributed by atoms with Crippen molar-refractivity contribution in [2.45, 2.75) is 13.2 Å². The maximum absolute atomic E-state index is 13.0. The Hall–Kier alpha value is -2.38. The molecular weight excluding hydrogens is 243 g/mol. The van der Waals surface area contributed by atoms with Crippen LogP contribution in [-0.2, 0) is 13.2 Å². The van der Waals surface area contributed by atoms with E-state index < -0.39 is 5.82 Å². The lowest BCUT2D eigenvalue weighted by molar-refractivity contribution is 0.305. The van der Waals surface area contributed by atoms with Gasteiger partial charge in [-0.05, 0) is 29.8 Å². The molecule has 2 rings (SSSR count). The minimum absolute atomic E-state index is 0.227. The van der Waals surface area contributed by atoms with Crippen LogP contribution in [0.25, 0.3) is 0 Å². The van der Waals surface area contributed by atoms with E-state index in [9.17, 15) is 4.39 Å². The summed E-state index contributed by atoms with van der Waals surface area (Å²) in [6, 6.07) is 13.4. The number of ether oxygens (including phenoxy) is 1. The Kier molecular flexibility index (Phi) is 4.11. The molecule has 2 N–H and O–H groups in total. The molecule has 0 atom stereocenters. The predicted molar refractivity (Wildman–Crippen MR) is 69.8 cm³/mol. The fourth-order valence-corrected chi connectivity index (χ4v) is 1.66. The Morgan fingerprint density at radius 3 is 2.53 bits per heavy atom. The van der Waals surface area contributed by atoms with Crippen LogP contribution in [0.4, 0.5) is 4.39 Å². The van der Waals surface area contributed by atoms with Crippen LogP contribution in [0.15, 0.2) is 42.5 Å². The Labute approximate surface area is 111 Å². The van der Waals surface area contributed by atoms with Gasteiger partial charge in [0.15, 0.2) is 0 Å². The fraction of sp³-hybridized carbons (Fsp3) is 0.133. The summed E-state index contributed by atoms with van der Waals surface area (Å²) in [5.41, 5.74) is 7.47. The third-order valence-corrected chi connectivity index (χ3v) is 2.75. The van der Waals surface area contributed by atoms with E-state index in [0.29, 0.717) is 23.4 Å². The van der Waals surface area contributed by atoms with E-state index in [1.54, 1.807) is 6.07 Å². The van der Waals surface area contributed by atoms with E-state index in [1.807, 2.05) is 30.3 Å². The van der Waals surface area contributed by atoms with Gasteiger partial charge in [-0.3, -0.25) is 0 Å². The third kappa shape index (κ3) is 3.30. The SMILES string of the molecule is N#Cc1cc(F)ccc1COc1ccc(CN)cc1. The van der Waals surface area contributed by atoms with E-state index >= 15 is 0 Å². The molecule has 0 aromatic heterocycles. The molecule has 2 aromatic carbocycles. The van der Waals surface area contributed by atoms with Gasteiger partial charge in [0.2, 0.25) is 0 Å². The summed E-state index contributed by atoms with van der Waals surface area (Å²) in [6.45, 7) is 0.710. The molecule has 4 heteroatoms. The summed E-state index contributed by atoms with van der Waals surface area (Å²) >= 11 is 0. The first-order valence-corrected chi connectivity index (χ1v) is 5.83. The van der Waals surface area contributed by atoms with E-state index in [2.05, 4.69) is 0 Å². The molecule has 2 aromatic rings. The van der Waals surface area contributed by atoms with Crippen molar-refractivity contribution in [3.05, 3.63) is 65.0 Å². The Morgan fingerprint density at radius 1 is 1.16 bits per heavy atom. The second-order valence-corrected chi connectivity index (χ2v) is 4.05. The molecular formula is C15H13FN2O. The van der Waals surface area contributed by atoms with E-state index in [-0.39, 0.29) is 6.61 Å². The lowest BCUT2D eigenvalue weighted by Gasteiger charge is -2.08. The van der Waals surface area contributed by atoms with Crippen LogP contribution in [0, 0.1) is 17.1 Å². The molecule has 0 radical (unpaired) electrons. The minimum Gasteiger partial charge on any atom is -0.489 e. The van der Waals surface area contributed by atoms with Gasteiger partial charge in [0.05, 0.1) is 11.6 Å². The van der Waals surface area contributed by atoms with Crippen molar-refractivity contribution in [2.75, 3.05) is 0 Å². The maximum atomic E-state index is 13.0. The van der Waals surface area contributed by atoms with Crippen molar-refractivity contribution in [3.63, 3.8) is 0 Å². The fourth-order valence-electron chi connectivity index (χ4n) is 1.66. The molecule has 3 nitrogen and oxygen atoms in total. The van der Waals surface area contributed by atoms with Crippen molar-refractivity contribution in [1.82, 2.24) is 0 Å². The molecule has 0 saturated carbocycles. The highest BCUT2D eigenvalue weighted by atomic mass is 19.1. The summed E-state index contributed by atoms with van der Waals surface area (Å²) < 4.78 is 18.5. The largest absolute Gasteiger partial charge is 0.489 e. The molecule has 0 aliphatic carbocycles. The Bertz CT molecular complexity index is 603. The number of hydrogen-bond donors (Lipinski definition) is 1. The quantitative estimate of drug-likeness (QED) is 0.915. The van der Waals surface area contributed by atoms with Crippen LogP contribution in [0.1, 0.15) is 16.7 Å². The number of nitrogens with zero attached hydrogens (tertiary/aromatic N) is 1. The van der Waals surface area contributed by atoms with Gasteiger partial charge in [-0.15, -0.1) is 0 Å². The molecule has 19 heavy (non-hydrogen) atoms. The van der Waals surface area contributed by atoms with Crippen molar-refractivity contribution in [2.24, 2.45) is 5.73 Å². The van der Waals surface area contributed by atoms with Crippen LogP contribution < -0.4 is 10.5 Å². The average molecular weight is 256 g/mol. The van der Waals surface area contributed by atoms with E-state index in [1.165, 1.54) is 12.1 Å². The zero-order valence-corrected chi connectivity index (χ0v) is 10.3. The first-order chi connectivity index (χ1) is 9.22. The average Bonchev–Trinajstić information content (AvgIpc) is 2.46. The summed E-state index contributed by atoms with van der Waals surface area (Å²) in [5, 5.41) is 8.92. The van der Waals surface area contributed by atoms with Gasteiger partial charge in [0.25, 0.3) is 0 Å². The number of benzene rings is 2. The highest BCUT2D eigenvalue weighted by Gasteiger charge is 2.04. The van der Waals surface area contributed by atoms with Crippen LogP contribution in [0.3, 0.4) is 0 Å². The van der Waals surface area contributed by atoms with Crippen molar-refractivity contribution in [3.8, 4) is 11.8 Å². The number of halogens is 1. The van der Waals surface area contributed by atoms with Gasteiger partial charge >= 0.3 is 0 Å². The summed E-state index contributed by atoms with van der Waals surface area (Å²) in [7, 11) is 0. The van der Waals surface area contributed by atoms with Gasteiger partial charge in [0.1, 0.15) is 18.2 Å². The zero-order valence-electron chi connectivity index (χ0n) is 10.3. The highest BCUT2D eigenvalue weighted by molar-refractivity contribution is 5.38. The zero-order chi connectivity index (χ0) is 13.7. The monoisotopic (exact) mass is 256 g/mol. The van der Waals surface area contributed by atoms with Gasteiger partial charge in [-0.1, -0.05) is 18.2 Å². The van der Waals surface area contributed by atoms with Gasteiger partial charge < -0.3 is 10.5 Å². The highest BCUT2D eigenvalue weighted by Crippen LogP contribution is 2.16. The minimum atomic E-state index is -0.424. The second-order valence-electron chi connectivity index (χ2n) is 4.05. The topological polar surface area (TPSA) is 59.0 Å². The first-order valence-electron chi connectivity index (χ1n) is 5.83. The predicted octanol–water partition coefficient (Wildman–Crippen LogP) is 2.74. The second kappa shape index (κ2) is 5.98. The lowest BCUT2D eigenvalue weighted by Crippen LogP contribution is -2.00. The molecule has 0 heterocycles. The maximum Gasteiger partial charge on any atom is 0.124 e. The van der Waals surface area contributed by atoms with Gasteiger partial charge in [-0.2, -0.15) is 5.26 Å². The molecule has 0 spiro atoms. The normalized spacial score (nSPS) is 9.95. The third-order valence-electron chi connectivity index (χ3n) is 2.75. The lowest BCUT2D eigenvalue weighted by atomic mass is 10.1. The number of nitriles is 1. The molecule has 0 unspecified atom stereocenters. The first kappa shape index (κ1) is 13.1. The smallest absolute Gasteiger partial charge is 0.124 e. The summed E-state index contributed by atoms with van der Waals surface area (Å²) in [6.07, 6.45) is 0. The van der Waals surface area contributed by atoms with Crippen LogP contribution >= 0.6 is 0 Å². The number of rotatable bonds is 4. The van der Waals surface area contributed by atoms with Crippen molar-refractivity contribution >= 4 is 0 Å². The molecule has 0 aliphatic rings. The van der Waals surface area contributed by atoms with Crippen molar-refractivity contribution < 1.29 is 9.13 Å². The van der Waals surface area contributed by atoms with Crippen LogP contribution in [0.2, 0.25) is 0 Å². The van der Waals surface area contributed by atoms with E-state index in [0.717, 1.165) is 5.56 Å². The Morgan fingerprint density at radius 2 is 1.89 bits per heavy atom. The summed E-state index contributed by atoms with van der Waals surface area (Å²) in [4.78, 5) is 0. The summed E-state index contributed by atoms with van der Waals surface area (Å²) in [5.74, 6) is 0.262. The van der Waals surface area contributed by atoms with Gasteiger partial charge in [-0.25, -0.2) is 4.39 Å². The van der Waals surface area contributed by atoms with E-state index in [4.69, 9.17) is 15.7 Å². The molecule has 0 amide bonds. The molecule has 0 bridgehead atoms. The van der Waals surface area contributed by atoms with Crippen LogP contribution in [0.5, 0.6) is 5.75 Å². The Balaban J connectivity index is 2.08.